The summed E-state index contributed by atoms with van der Waals surface area (Å²) in [5, 5.41) is 10.9. The number of carboxylic acid groups (broad SMARTS) is 1. The highest BCUT2D eigenvalue weighted by Crippen LogP contribution is 2.15. The van der Waals surface area contributed by atoms with Gasteiger partial charge in [-0.15, -0.1) is 0 Å². The normalized spacial score (nSPS) is 11.0. The second-order valence-electron chi connectivity index (χ2n) is 8.66. The van der Waals surface area contributed by atoms with Gasteiger partial charge in [0.1, 0.15) is 0 Å². The van der Waals surface area contributed by atoms with E-state index in [0.29, 0.717) is 6.54 Å². The van der Waals surface area contributed by atoms with Crippen LogP contribution in [0.1, 0.15) is 148 Å². The average molecular weight is 398 g/mol. The Hall–Kier alpha value is -0.730. The van der Waals surface area contributed by atoms with Crippen molar-refractivity contribution in [3.63, 3.8) is 0 Å². The van der Waals surface area contributed by atoms with E-state index >= 15 is 0 Å². The van der Waals surface area contributed by atoms with Crippen molar-refractivity contribution in [1.82, 2.24) is 5.32 Å². The number of unbranched alkanes of at least 4 members (excludes halogenated alkanes) is 21. The summed E-state index contributed by atoms with van der Waals surface area (Å²) < 4.78 is 0. The van der Waals surface area contributed by atoms with E-state index in [1.807, 2.05) is 0 Å². The zero-order chi connectivity index (χ0) is 20.5. The largest absolute Gasteiger partial charge is 0.465 e. The summed E-state index contributed by atoms with van der Waals surface area (Å²) in [7, 11) is 0. The average Bonchev–Trinajstić information content (AvgIpc) is 2.68. The van der Waals surface area contributed by atoms with E-state index in [0.717, 1.165) is 12.8 Å². The van der Waals surface area contributed by atoms with Crippen LogP contribution in [0.25, 0.3) is 0 Å². The summed E-state index contributed by atoms with van der Waals surface area (Å²) in [4.78, 5) is 10.3. The lowest BCUT2D eigenvalue weighted by atomic mass is 10.0. The van der Waals surface area contributed by atoms with E-state index < -0.39 is 6.09 Å². The minimum absolute atomic E-state index is 0.606. The van der Waals surface area contributed by atoms with Gasteiger partial charge in [0.25, 0.3) is 0 Å². The van der Waals surface area contributed by atoms with Gasteiger partial charge < -0.3 is 10.4 Å². The predicted octanol–water partition coefficient (Wildman–Crippen LogP) is 8.86. The number of nitrogens with one attached hydrogen (secondary N) is 1. The maximum atomic E-state index is 10.3. The highest BCUT2D eigenvalue weighted by Gasteiger charge is 1.96. The third-order valence-electron chi connectivity index (χ3n) is 5.81. The summed E-state index contributed by atoms with van der Waals surface area (Å²) in [6.07, 6.45) is 29.6. The van der Waals surface area contributed by atoms with Gasteiger partial charge in [0, 0.05) is 6.54 Å². The van der Waals surface area contributed by atoms with Gasteiger partial charge in [0.2, 0.25) is 0 Å². The molecule has 0 fully saturated rings. The van der Waals surface area contributed by atoms with Crippen LogP contribution >= 0.6 is 0 Å². The van der Waals surface area contributed by atoms with Crippen LogP contribution in [0, 0.1) is 0 Å². The molecule has 0 aromatic heterocycles. The molecule has 0 heterocycles. The lowest BCUT2D eigenvalue weighted by Gasteiger charge is -2.04. The molecule has 0 aliphatic heterocycles. The van der Waals surface area contributed by atoms with Gasteiger partial charge in [-0.2, -0.15) is 0 Å². The molecule has 168 valence electrons. The van der Waals surface area contributed by atoms with Crippen molar-refractivity contribution in [1.29, 1.82) is 0 Å². The Morgan fingerprint density at radius 1 is 0.500 bits per heavy atom. The SMILES string of the molecule is CCCCCCCCCCCCCCCCCCCCCCCCNC(=O)O. The Labute approximate surface area is 176 Å². The van der Waals surface area contributed by atoms with E-state index in [9.17, 15) is 4.79 Å². The van der Waals surface area contributed by atoms with Gasteiger partial charge in [-0.1, -0.05) is 142 Å². The van der Waals surface area contributed by atoms with Crippen molar-refractivity contribution in [2.45, 2.75) is 148 Å². The third kappa shape index (κ3) is 25.3. The molecule has 0 radical (unpaired) electrons. The van der Waals surface area contributed by atoms with Crippen molar-refractivity contribution in [3.8, 4) is 0 Å². The van der Waals surface area contributed by atoms with Crippen molar-refractivity contribution in [3.05, 3.63) is 0 Å². The van der Waals surface area contributed by atoms with Crippen LogP contribution in [0.2, 0.25) is 0 Å². The van der Waals surface area contributed by atoms with Crippen molar-refractivity contribution in [2.75, 3.05) is 6.54 Å². The number of hydrogen-bond donors (Lipinski definition) is 2. The first-order valence-electron chi connectivity index (χ1n) is 12.7. The molecule has 0 rings (SSSR count). The zero-order valence-corrected chi connectivity index (χ0v) is 19.1. The smallest absolute Gasteiger partial charge is 0.404 e. The Kier molecular flexibility index (Phi) is 23.7. The minimum atomic E-state index is -0.900. The molecular formula is C25H51NO2. The second-order valence-corrected chi connectivity index (χ2v) is 8.66. The van der Waals surface area contributed by atoms with Crippen molar-refractivity contribution < 1.29 is 9.90 Å². The fraction of sp³-hybridized carbons (Fsp3) is 0.960. The van der Waals surface area contributed by atoms with Crippen molar-refractivity contribution in [2.24, 2.45) is 0 Å². The van der Waals surface area contributed by atoms with Crippen LogP contribution in [0.3, 0.4) is 0 Å². The summed E-state index contributed by atoms with van der Waals surface area (Å²) in [5.41, 5.74) is 0. The molecule has 0 aromatic carbocycles. The first-order chi connectivity index (χ1) is 13.8. The molecule has 3 nitrogen and oxygen atoms in total. The van der Waals surface area contributed by atoms with Gasteiger partial charge in [-0.3, -0.25) is 0 Å². The first-order valence-corrected chi connectivity index (χ1v) is 12.7. The van der Waals surface area contributed by atoms with E-state index in [1.54, 1.807) is 0 Å². The molecule has 0 saturated carbocycles. The molecule has 28 heavy (non-hydrogen) atoms. The lowest BCUT2D eigenvalue weighted by molar-refractivity contribution is 0.194. The Balaban J connectivity index is 2.99. The van der Waals surface area contributed by atoms with E-state index in [4.69, 9.17) is 5.11 Å². The second kappa shape index (κ2) is 24.3. The molecule has 0 aliphatic rings. The molecule has 0 atom stereocenters. The highest BCUT2D eigenvalue weighted by atomic mass is 16.4. The molecule has 1 amide bonds. The summed E-state index contributed by atoms with van der Waals surface area (Å²) in [6.45, 7) is 2.90. The van der Waals surface area contributed by atoms with Gasteiger partial charge in [0.15, 0.2) is 0 Å². The summed E-state index contributed by atoms with van der Waals surface area (Å²) in [5.74, 6) is 0. The van der Waals surface area contributed by atoms with Gasteiger partial charge in [0.05, 0.1) is 0 Å². The van der Waals surface area contributed by atoms with Gasteiger partial charge >= 0.3 is 6.09 Å². The van der Waals surface area contributed by atoms with E-state index in [-0.39, 0.29) is 0 Å². The molecular weight excluding hydrogens is 346 g/mol. The Morgan fingerprint density at radius 3 is 1.00 bits per heavy atom. The van der Waals surface area contributed by atoms with Gasteiger partial charge in [-0.25, -0.2) is 4.79 Å². The molecule has 0 spiro atoms. The molecule has 0 unspecified atom stereocenters. The highest BCUT2D eigenvalue weighted by molar-refractivity contribution is 5.64. The number of rotatable bonds is 23. The summed E-state index contributed by atoms with van der Waals surface area (Å²) >= 11 is 0. The number of hydrogen-bond acceptors (Lipinski definition) is 1. The zero-order valence-electron chi connectivity index (χ0n) is 19.1. The molecule has 0 bridgehead atoms. The Morgan fingerprint density at radius 2 is 0.750 bits per heavy atom. The van der Waals surface area contributed by atoms with Crippen LogP contribution < -0.4 is 5.32 Å². The summed E-state index contributed by atoms with van der Waals surface area (Å²) in [6, 6.07) is 0. The quantitative estimate of drug-likeness (QED) is 0.169. The molecule has 0 aromatic rings. The standard InChI is InChI=1S/C25H51NO2/c1-2-3-4-5-6-7-8-9-10-11-12-13-14-15-16-17-18-19-20-21-22-23-24-26-25(27)28/h26H,2-24H2,1H3,(H,27,28). The number of carbonyl (C=O) groups is 1. The maximum Gasteiger partial charge on any atom is 0.404 e. The lowest BCUT2D eigenvalue weighted by Crippen LogP contribution is -2.21. The maximum absolute atomic E-state index is 10.3. The van der Waals surface area contributed by atoms with Crippen LogP contribution in [-0.2, 0) is 0 Å². The fourth-order valence-electron chi connectivity index (χ4n) is 3.93. The van der Waals surface area contributed by atoms with Crippen LogP contribution in [0.5, 0.6) is 0 Å². The van der Waals surface area contributed by atoms with E-state index in [2.05, 4.69) is 12.2 Å². The minimum Gasteiger partial charge on any atom is -0.465 e. The van der Waals surface area contributed by atoms with Crippen LogP contribution in [0.4, 0.5) is 4.79 Å². The molecule has 0 saturated heterocycles. The van der Waals surface area contributed by atoms with Crippen LogP contribution in [0.15, 0.2) is 0 Å². The predicted molar refractivity (Wildman–Crippen MR) is 123 cm³/mol. The van der Waals surface area contributed by atoms with E-state index in [1.165, 1.54) is 128 Å². The van der Waals surface area contributed by atoms with Crippen molar-refractivity contribution >= 4 is 6.09 Å². The molecule has 2 N–H and O–H groups in total. The molecule has 0 aliphatic carbocycles. The number of amides is 1. The molecule has 3 heteroatoms. The third-order valence-corrected chi connectivity index (χ3v) is 5.81. The topological polar surface area (TPSA) is 49.3 Å². The Bertz CT molecular complexity index is 307. The fourth-order valence-corrected chi connectivity index (χ4v) is 3.93. The first kappa shape index (κ1) is 27.3. The van der Waals surface area contributed by atoms with Gasteiger partial charge in [-0.05, 0) is 6.42 Å². The van der Waals surface area contributed by atoms with Crippen LogP contribution in [-0.4, -0.2) is 17.7 Å². The monoisotopic (exact) mass is 397 g/mol.